The van der Waals surface area contributed by atoms with Gasteiger partial charge in [-0.2, -0.15) is 0 Å². The molecule has 102 valence electrons. The number of rotatable bonds is 2. The van der Waals surface area contributed by atoms with Gasteiger partial charge in [0.25, 0.3) is 0 Å². The van der Waals surface area contributed by atoms with Gasteiger partial charge in [-0.05, 0) is 19.8 Å². The molecule has 1 fully saturated rings. The van der Waals surface area contributed by atoms with Gasteiger partial charge in [0.05, 0.1) is 16.8 Å². The summed E-state index contributed by atoms with van der Waals surface area (Å²) in [6.07, 6.45) is 2.57. The standard InChI is InChI=1S/C15H17NOS.ClH/c1-11-9-13(7-8-17-11)15-16-14(10-18-15)12-5-3-2-4-6-12;/h2-6,10-11,13H,7-9H2,1H3;1H/p-1. The molecule has 1 aliphatic heterocycles. The number of hydrogen-bond acceptors (Lipinski definition) is 3. The zero-order valence-corrected chi connectivity index (χ0v) is 12.5. The minimum Gasteiger partial charge on any atom is -1.00 e. The first-order valence-electron chi connectivity index (χ1n) is 6.45. The van der Waals surface area contributed by atoms with E-state index in [9.17, 15) is 0 Å². The molecule has 2 atom stereocenters. The van der Waals surface area contributed by atoms with Crippen LogP contribution < -0.4 is 12.4 Å². The summed E-state index contributed by atoms with van der Waals surface area (Å²) in [7, 11) is 0. The van der Waals surface area contributed by atoms with Crippen molar-refractivity contribution in [2.24, 2.45) is 0 Å². The number of ether oxygens (including phenoxy) is 1. The van der Waals surface area contributed by atoms with E-state index < -0.39 is 0 Å². The first-order chi connectivity index (χ1) is 8.83. The molecule has 0 amide bonds. The molecule has 1 aromatic heterocycles. The molecule has 19 heavy (non-hydrogen) atoms. The van der Waals surface area contributed by atoms with E-state index in [0.29, 0.717) is 12.0 Å². The molecular weight excluding hydrogens is 278 g/mol. The Hall–Kier alpha value is -0.900. The zero-order valence-electron chi connectivity index (χ0n) is 10.9. The van der Waals surface area contributed by atoms with Gasteiger partial charge < -0.3 is 17.1 Å². The minimum atomic E-state index is 0. The van der Waals surface area contributed by atoms with E-state index in [0.717, 1.165) is 25.1 Å². The van der Waals surface area contributed by atoms with E-state index >= 15 is 0 Å². The highest BCUT2D eigenvalue weighted by Gasteiger charge is 2.23. The van der Waals surface area contributed by atoms with Crippen molar-refractivity contribution in [3.63, 3.8) is 0 Å². The average molecular weight is 295 g/mol. The predicted molar refractivity (Wildman–Crippen MR) is 74.9 cm³/mol. The first-order valence-corrected chi connectivity index (χ1v) is 7.33. The summed E-state index contributed by atoms with van der Waals surface area (Å²) in [6.45, 7) is 3.02. The molecule has 0 radical (unpaired) electrons. The number of hydrogen-bond donors (Lipinski definition) is 0. The molecule has 0 N–H and O–H groups in total. The monoisotopic (exact) mass is 294 g/mol. The maximum atomic E-state index is 5.60. The summed E-state index contributed by atoms with van der Waals surface area (Å²) in [6, 6.07) is 10.4. The zero-order chi connectivity index (χ0) is 12.4. The van der Waals surface area contributed by atoms with Gasteiger partial charge in [0.2, 0.25) is 0 Å². The highest BCUT2D eigenvalue weighted by molar-refractivity contribution is 7.10. The van der Waals surface area contributed by atoms with Crippen LogP contribution in [0.15, 0.2) is 35.7 Å². The fourth-order valence-electron chi connectivity index (χ4n) is 2.44. The normalized spacial score (nSPS) is 22.8. The summed E-state index contributed by atoms with van der Waals surface area (Å²) in [5.74, 6) is 0.580. The van der Waals surface area contributed by atoms with E-state index in [1.54, 1.807) is 11.3 Å². The lowest BCUT2D eigenvalue weighted by molar-refractivity contribution is -0.0000132. The van der Waals surface area contributed by atoms with Crippen LogP contribution in [-0.2, 0) is 4.74 Å². The Bertz CT molecular complexity index is 514. The molecule has 0 aliphatic carbocycles. The fraction of sp³-hybridized carbons (Fsp3) is 0.400. The largest absolute Gasteiger partial charge is 1.00 e. The van der Waals surface area contributed by atoms with Gasteiger partial charge in [-0.15, -0.1) is 11.3 Å². The fourth-order valence-corrected chi connectivity index (χ4v) is 3.42. The van der Waals surface area contributed by atoms with Gasteiger partial charge in [-0.25, -0.2) is 4.98 Å². The Kier molecular flexibility index (Phi) is 4.97. The highest BCUT2D eigenvalue weighted by atomic mass is 35.5. The molecular formula is C15H17ClNOS-. The molecule has 0 spiro atoms. The van der Waals surface area contributed by atoms with Gasteiger partial charge in [-0.1, -0.05) is 30.3 Å². The van der Waals surface area contributed by atoms with Gasteiger partial charge in [0.15, 0.2) is 0 Å². The Balaban J connectivity index is 0.00000133. The van der Waals surface area contributed by atoms with Crippen LogP contribution in [0.1, 0.15) is 30.7 Å². The maximum Gasteiger partial charge on any atom is 0.0965 e. The van der Waals surface area contributed by atoms with Crippen molar-refractivity contribution in [3.8, 4) is 11.3 Å². The predicted octanol–water partition coefficient (Wildman–Crippen LogP) is 1.10. The molecule has 1 aliphatic rings. The van der Waals surface area contributed by atoms with Gasteiger partial charge >= 0.3 is 0 Å². The van der Waals surface area contributed by atoms with Crippen LogP contribution in [0.2, 0.25) is 0 Å². The Morgan fingerprint density at radius 3 is 2.79 bits per heavy atom. The molecule has 2 aromatic rings. The molecule has 4 heteroatoms. The van der Waals surface area contributed by atoms with Crippen molar-refractivity contribution in [2.45, 2.75) is 31.8 Å². The second kappa shape index (κ2) is 6.51. The Labute approximate surface area is 124 Å². The van der Waals surface area contributed by atoms with Crippen molar-refractivity contribution in [1.29, 1.82) is 0 Å². The second-order valence-electron chi connectivity index (χ2n) is 4.84. The van der Waals surface area contributed by atoms with E-state index in [2.05, 4.69) is 36.6 Å². The van der Waals surface area contributed by atoms with E-state index in [1.165, 1.54) is 10.6 Å². The SMILES string of the molecule is CC1CC(c2nc(-c3ccccc3)cs2)CCO1.[Cl-]. The second-order valence-corrected chi connectivity index (χ2v) is 5.73. The average Bonchev–Trinajstić information content (AvgIpc) is 2.89. The van der Waals surface area contributed by atoms with Gasteiger partial charge in [0, 0.05) is 23.5 Å². The molecule has 2 nitrogen and oxygen atoms in total. The minimum absolute atomic E-state index is 0. The number of nitrogens with zero attached hydrogens (tertiary/aromatic N) is 1. The van der Waals surface area contributed by atoms with Crippen LogP contribution >= 0.6 is 11.3 Å². The number of halogens is 1. The molecule has 0 saturated carbocycles. The van der Waals surface area contributed by atoms with Crippen molar-refractivity contribution >= 4 is 11.3 Å². The molecule has 2 unspecified atom stereocenters. The van der Waals surface area contributed by atoms with Crippen LogP contribution in [0.4, 0.5) is 0 Å². The third-order valence-electron chi connectivity index (χ3n) is 3.43. The Morgan fingerprint density at radius 2 is 2.05 bits per heavy atom. The topological polar surface area (TPSA) is 22.1 Å². The van der Waals surface area contributed by atoms with Crippen LogP contribution in [0.3, 0.4) is 0 Å². The van der Waals surface area contributed by atoms with Crippen molar-refractivity contribution < 1.29 is 17.1 Å². The third-order valence-corrected chi connectivity index (χ3v) is 4.43. The number of benzene rings is 1. The van der Waals surface area contributed by atoms with E-state index in [-0.39, 0.29) is 12.4 Å². The lowest BCUT2D eigenvalue weighted by Gasteiger charge is -2.25. The summed E-state index contributed by atoms with van der Waals surface area (Å²) in [5, 5.41) is 3.44. The lowest BCUT2D eigenvalue weighted by atomic mass is 9.97. The molecule has 1 aromatic carbocycles. The summed E-state index contributed by atoms with van der Waals surface area (Å²) in [5.41, 5.74) is 2.31. The van der Waals surface area contributed by atoms with Crippen LogP contribution in [-0.4, -0.2) is 17.7 Å². The van der Waals surface area contributed by atoms with E-state index in [1.807, 2.05) is 6.07 Å². The van der Waals surface area contributed by atoms with E-state index in [4.69, 9.17) is 9.72 Å². The Morgan fingerprint density at radius 1 is 1.26 bits per heavy atom. The quantitative estimate of drug-likeness (QED) is 0.827. The smallest absolute Gasteiger partial charge is 0.0965 e. The molecule has 1 saturated heterocycles. The van der Waals surface area contributed by atoms with Gasteiger partial charge in [-0.3, -0.25) is 0 Å². The van der Waals surface area contributed by atoms with Crippen LogP contribution in [0.25, 0.3) is 11.3 Å². The summed E-state index contributed by atoms with van der Waals surface area (Å²) >= 11 is 1.79. The summed E-state index contributed by atoms with van der Waals surface area (Å²) < 4.78 is 5.60. The van der Waals surface area contributed by atoms with Gasteiger partial charge in [0.1, 0.15) is 0 Å². The lowest BCUT2D eigenvalue weighted by Crippen LogP contribution is -3.00. The number of thiazole rings is 1. The van der Waals surface area contributed by atoms with Crippen molar-refractivity contribution in [2.75, 3.05) is 6.61 Å². The van der Waals surface area contributed by atoms with Crippen LogP contribution in [0.5, 0.6) is 0 Å². The van der Waals surface area contributed by atoms with Crippen molar-refractivity contribution in [3.05, 3.63) is 40.7 Å². The van der Waals surface area contributed by atoms with Crippen molar-refractivity contribution in [1.82, 2.24) is 4.98 Å². The third kappa shape index (κ3) is 3.35. The van der Waals surface area contributed by atoms with Crippen LogP contribution in [0, 0.1) is 0 Å². The number of aromatic nitrogens is 1. The molecule has 0 bridgehead atoms. The molecule has 2 heterocycles. The molecule has 3 rings (SSSR count). The highest BCUT2D eigenvalue weighted by Crippen LogP contribution is 2.33. The maximum absolute atomic E-state index is 5.60. The first kappa shape index (κ1) is 14.5. The summed E-state index contributed by atoms with van der Waals surface area (Å²) in [4.78, 5) is 4.80.